The van der Waals surface area contributed by atoms with E-state index >= 15 is 0 Å². The smallest absolute Gasteiger partial charge is 0.207 e. The van der Waals surface area contributed by atoms with Crippen molar-refractivity contribution in [2.24, 2.45) is 5.92 Å². The van der Waals surface area contributed by atoms with Crippen LogP contribution < -0.4 is 4.72 Å². The zero-order valence-electron chi connectivity index (χ0n) is 13.3. The molecule has 138 valence electrons. The molecule has 1 N–H and O–H groups in total. The first-order valence-corrected chi connectivity index (χ1v) is 9.10. The molecule has 0 aliphatic carbocycles. The fraction of sp³-hybridized carbons (Fsp3) is 0.429. The van der Waals surface area contributed by atoms with Gasteiger partial charge in [-0.1, -0.05) is 25.4 Å². The molecule has 1 atom stereocenters. The summed E-state index contributed by atoms with van der Waals surface area (Å²) in [7, 11) is -4.18. The SMILES string of the molecule is CC(C)[C@H](Cn1nccn1)NS(=O)(=O)c1ccc(Cl)c(C(F)(F)F)c1. The topological polar surface area (TPSA) is 76.9 Å². The van der Waals surface area contributed by atoms with Crippen molar-refractivity contribution in [3.05, 3.63) is 41.2 Å². The molecular formula is C14H16ClF3N4O2S. The molecule has 2 aromatic rings. The minimum atomic E-state index is -4.75. The molecule has 0 aliphatic heterocycles. The first-order chi connectivity index (χ1) is 11.5. The van der Waals surface area contributed by atoms with E-state index in [4.69, 9.17) is 11.6 Å². The predicted molar refractivity (Wildman–Crippen MR) is 85.4 cm³/mol. The summed E-state index contributed by atoms with van der Waals surface area (Å²) in [5.41, 5.74) is -1.20. The third-order valence-corrected chi connectivity index (χ3v) is 5.31. The van der Waals surface area contributed by atoms with Gasteiger partial charge < -0.3 is 0 Å². The lowest BCUT2D eigenvalue weighted by molar-refractivity contribution is -0.137. The number of aromatic nitrogens is 3. The van der Waals surface area contributed by atoms with Crippen LogP contribution >= 0.6 is 11.6 Å². The van der Waals surface area contributed by atoms with Crippen molar-refractivity contribution >= 4 is 21.6 Å². The van der Waals surface area contributed by atoms with Crippen LogP contribution in [0.15, 0.2) is 35.5 Å². The zero-order valence-corrected chi connectivity index (χ0v) is 14.9. The van der Waals surface area contributed by atoms with E-state index in [2.05, 4.69) is 14.9 Å². The second kappa shape index (κ2) is 7.30. The van der Waals surface area contributed by atoms with Crippen molar-refractivity contribution in [1.29, 1.82) is 0 Å². The number of nitrogens with one attached hydrogen (secondary N) is 1. The molecule has 1 aromatic heterocycles. The van der Waals surface area contributed by atoms with Gasteiger partial charge in [0.15, 0.2) is 0 Å². The van der Waals surface area contributed by atoms with Gasteiger partial charge in [0.25, 0.3) is 0 Å². The Labute approximate surface area is 148 Å². The van der Waals surface area contributed by atoms with E-state index in [-0.39, 0.29) is 12.5 Å². The Morgan fingerprint density at radius 1 is 1.24 bits per heavy atom. The van der Waals surface area contributed by atoms with E-state index in [1.165, 1.54) is 17.2 Å². The molecule has 0 aliphatic rings. The van der Waals surface area contributed by atoms with E-state index in [1.807, 2.05) is 0 Å². The highest BCUT2D eigenvalue weighted by atomic mass is 35.5. The third kappa shape index (κ3) is 4.93. The van der Waals surface area contributed by atoms with Crippen LogP contribution in [-0.4, -0.2) is 29.5 Å². The highest BCUT2D eigenvalue weighted by Crippen LogP contribution is 2.35. The fourth-order valence-electron chi connectivity index (χ4n) is 2.05. The number of halogens is 4. The van der Waals surface area contributed by atoms with Gasteiger partial charge in [-0.25, -0.2) is 13.1 Å². The van der Waals surface area contributed by atoms with Crippen LogP contribution in [0, 0.1) is 5.92 Å². The highest BCUT2D eigenvalue weighted by molar-refractivity contribution is 7.89. The monoisotopic (exact) mass is 396 g/mol. The first-order valence-electron chi connectivity index (χ1n) is 7.24. The Morgan fingerprint density at radius 2 is 1.84 bits per heavy atom. The lowest BCUT2D eigenvalue weighted by atomic mass is 10.1. The molecule has 25 heavy (non-hydrogen) atoms. The largest absolute Gasteiger partial charge is 0.417 e. The minimum Gasteiger partial charge on any atom is -0.207 e. The predicted octanol–water partition coefficient (Wildman–Crippen LogP) is 2.95. The zero-order chi connectivity index (χ0) is 18.8. The number of benzene rings is 1. The van der Waals surface area contributed by atoms with Crippen molar-refractivity contribution < 1.29 is 21.6 Å². The Morgan fingerprint density at radius 3 is 2.36 bits per heavy atom. The average Bonchev–Trinajstić information content (AvgIpc) is 2.98. The summed E-state index contributed by atoms with van der Waals surface area (Å²) in [5, 5.41) is 7.25. The van der Waals surface area contributed by atoms with Crippen molar-refractivity contribution in [3.8, 4) is 0 Å². The standard InChI is InChI=1S/C14H16ClF3N4O2S/c1-9(2)13(8-22-19-5-6-20-22)21-25(23,24)10-3-4-12(15)11(7-10)14(16,17)18/h3-7,9,13,21H,8H2,1-2H3/t13-/m0/s1. The highest BCUT2D eigenvalue weighted by Gasteiger charge is 2.35. The van der Waals surface area contributed by atoms with Crippen LogP contribution in [0.1, 0.15) is 19.4 Å². The van der Waals surface area contributed by atoms with Crippen LogP contribution in [0.2, 0.25) is 5.02 Å². The number of nitrogens with zero attached hydrogens (tertiary/aromatic N) is 3. The molecule has 0 radical (unpaired) electrons. The molecule has 1 heterocycles. The van der Waals surface area contributed by atoms with Crippen LogP contribution in [-0.2, 0) is 22.7 Å². The second-order valence-electron chi connectivity index (χ2n) is 5.70. The van der Waals surface area contributed by atoms with Crippen molar-refractivity contribution in [2.45, 2.75) is 37.5 Å². The average molecular weight is 397 g/mol. The van der Waals surface area contributed by atoms with E-state index < -0.39 is 37.7 Å². The van der Waals surface area contributed by atoms with Gasteiger partial charge in [0.1, 0.15) is 0 Å². The summed E-state index contributed by atoms with van der Waals surface area (Å²) >= 11 is 5.53. The molecule has 11 heteroatoms. The van der Waals surface area contributed by atoms with Crippen LogP contribution in [0.3, 0.4) is 0 Å². The molecular weight excluding hydrogens is 381 g/mol. The van der Waals surface area contributed by atoms with Crippen LogP contribution in [0.4, 0.5) is 13.2 Å². The number of alkyl halides is 3. The van der Waals surface area contributed by atoms with Crippen LogP contribution in [0.25, 0.3) is 0 Å². The van der Waals surface area contributed by atoms with Crippen molar-refractivity contribution in [2.75, 3.05) is 0 Å². The summed E-state index contributed by atoms with van der Waals surface area (Å²) in [4.78, 5) is 0.791. The summed E-state index contributed by atoms with van der Waals surface area (Å²) in [6.07, 6.45) is -1.86. The van der Waals surface area contributed by atoms with Gasteiger partial charge in [0.2, 0.25) is 10.0 Å². The molecule has 0 saturated carbocycles. The van der Waals surface area contributed by atoms with Gasteiger partial charge in [-0.05, 0) is 24.1 Å². The lowest BCUT2D eigenvalue weighted by Gasteiger charge is -2.22. The molecule has 2 rings (SSSR count). The van der Waals surface area contributed by atoms with Gasteiger partial charge in [-0.2, -0.15) is 28.2 Å². The Balaban J connectivity index is 2.31. The third-order valence-electron chi connectivity index (χ3n) is 3.49. The van der Waals surface area contributed by atoms with Gasteiger partial charge in [-0.3, -0.25) is 0 Å². The second-order valence-corrected chi connectivity index (χ2v) is 7.82. The maximum absolute atomic E-state index is 12.9. The molecule has 0 bridgehead atoms. The molecule has 0 amide bonds. The van der Waals surface area contributed by atoms with E-state index in [0.29, 0.717) is 6.07 Å². The number of hydrogen-bond acceptors (Lipinski definition) is 4. The normalized spacial score (nSPS) is 14.0. The van der Waals surface area contributed by atoms with Gasteiger partial charge in [0.05, 0.1) is 34.4 Å². The minimum absolute atomic E-state index is 0.142. The number of rotatable bonds is 6. The summed E-state index contributed by atoms with van der Waals surface area (Å²) in [6.45, 7) is 3.70. The first kappa shape index (κ1) is 19.7. The molecule has 0 unspecified atom stereocenters. The van der Waals surface area contributed by atoms with E-state index in [9.17, 15) is 21.6 Å². The number of sulfonamides is 1. The maximum Gasteiger partial charge on any atom is 0.417 e. The summed E-state index contributed by atoms with van der Waals surface area (Å²) in [6, 6.07) is 1.86. The Kier molecular flexibility index (Phi) is 5.75. The Hall–Kier alpha value is -1.65. The summed E-state index contributed by atoms with van der Waals surface area (Å²) < 4.78 is 66.2. The Bertz CT molecular complexity index is 823. The van der Waals surface area contributed by atoms with Crippen LogP contribution in [0.5, 0.6) is 0 Å². The van der Waals surface area contributed by atoms with Gasteiger partial charge in [-0.15, -0.1) is 0 Å². The van der Waals surface area contributed by atoms with E-state index in [0.717, 1.165) is 12.1 Å². The quantitative estimate of drug-likeness (QED) is 0.814. The van der Waals surface area contributed by atoms with E-state index in [1.54, 1.807) is 13.8 Å². The van der Waals surface area contributed by atoms with Crippen molar-refractivity contribution in [1.82, 2.24) is 19.7 Å². The molecule has 0 spiro atoms. The molecule has 6 nitrogen and oxygen atoms in total. The fourth-order valence-corrected chi connectivity index (χ4v) is 3.68. The maximum atomic E-state index is 12.9. The number of hydrogen-bond donors (Lipinski definition) is 1. The molecule has 0 saturated heterocycles. The lowest BCUT2D eigenvalue weighted by Crippen LogP contribution is -2.42. The van der Waals surface area contributed by atoms with Crippen molar-refractivity contribution in [3.63, 3.8) is 0 Å². The molecule has 0 fully saturated rings. The molecule has 1 aromatic carbocycles. The van der Waals surface area contributed by atoms with Gasteiger partial charge in [0, 0.05) is 6.04 Å². The van der Waals surface area contributed by atoms with Gasteiger partial charge >= 0.3 is 6.18 Å². The summed E-state index contributed by atoms with van der Waals surface area (Å²) in [5.74, 6) is -0.143.